The molecule has 2 aliphatic rings. The molecule has 2 heterocycles. The molecule has 3 rings (SSSR count). The first-order valence-corrected chi connectivity index (χ1v) is 7.77. The molecule has 4 amide bonds. The lowest BCUT2D eigenvalue weighted by atomic mass is 10.1. The monoisotopic (exact) mass is 330 g/mol. The van der Waals surface area contributed by atoms with E-state index in [9.17, 15) is 19.2 Å². The van der Waals surface area contributed by atoms with Gasteiger partial charge in [0.25, 0.3) is 5.91 Å². The summed E-state index contributed by atoms with van der Waals surface area (Å²) in [6.07, 6.45) is 0.999. The maximum absolute atomic E-state index is 12.5. The van der Waals surface area contributed by atoms with Gasteiger partial charge in [0.15, 0.2) is 0 Å². The van der Waals surface area contributed by atoms with Crippen molar-refractivity contribution < 1.29 is 19.2 Å². The first-order chi connectivity index (χ1) is 11.5. The molecule has 24 heavy (non-hydrogen) atoms. The third-order valence-corrected chi connectivity index (χ3v) is 4.33. The summed E-state index contributed by atoms with van der Waals surface area (Å²) in [5, 5.41) is 5.22. The minimum absolute atomic E-state index is 0.213. The van der Waals surface area contributed by atoms with E-state index < -0.39 is 29.8 Å². The Morgan fingerprint density at radius 1 is 1.25 bits per heavy atom. The molecule has 0 saturated carbocycles. The van der Waals surface area contributed by atoms with E-state index in [1.165, 1.54) is 4.90 Å². The van der Waals surface area contributed by atoms with E-state index in [2.05, 4.69) is 10.6 Å². The van der Waals surface area contributed by atoms with Crippen LogP contribution in [-0.2, 0) is 14.4 Å². The molecule has 0 spiro atoms. The molecule has 2 atom stereocenters. The number of nitrogens with two attached hydrogens (primary N) is 1. The van der Waals surface area contributed by atoms with Crippen LogP contribution in [0.3, 0.4) is 0 Å². The summed E-state index contributed by atoms with van der Waals surface area (Å²) in [6.45, 7) is 0.426. The lowest BCUT2D eigenvalue weighted by Gasteiger charge is -2.24. The van der Waals surface area contributed by atoms with Crippen LogP contribution in [0, 0.1) is 0 Å². The van der Waals surface area contributed by atoms with Crippen LogP contribution in [0.4, 0.5) is 5.69 Å². The molecule has 1 saturated heterocycles. The third-order valence-electron chi connectivity index (χ3n) is 4.33. The van der Waals surface area contributed by atoms with Crippen molar-refractivity contribution in [3.05, 3.63) is 29.8 Å². The Balaban J connectivity index is 1.74. The van der Waals surface area contributed by atoms with E-state index in [0.717, 1.165) is 0 Å². The minimum atomic E-state index is -0.994. The third kappa shape index (κ3) is 2.94. The number of nitrogens with zero attached hydrogens (tertiary/aromatic N) is 1. The highest BCUT2D eigenvalue weighted by molar-refractivity contribution is 6.10. The number of rotatable bonds is 3. The van der Waals surface area contributed by atoms with Gasteiger partial charge in [-0.15, -0.1) is 0 Å². The van der Waals surface area contributed by atoms with Gasteiger partial charge in [0, 0.05) is 6.54 Å². The number of likely N-dealkylation sites (tertiary alicyclic amines) is 1. The van der Waals surface area contributed by atoms with Gasteiger partial charge in [0.2, 0.25) is 17.7 Å². The van der Waals surface area contributed by atoms with Crippen molar-refractivity contribution in [3.8, 4) is 0 Å². The Morgan fingerprint density at radius 2 is 2.00 bits per heavy atom. The van der Waals surface area contributed by atoms with Crippen LogP contribution < -0.4 is 16.4 Å². The predicted octanol–water partition coefficient (Wildman–Crippen LogP) is -0.397. The molecule has 0 unspecified atom stereocenters. The van der Waals surface area contributed by atoms with E-state index >= 15 is 0 Å². The second-order valence-corrected chi connectivity index (χ2v) is 5.91. The van der Waals surface area contributed by atoms with Crippen LogP contribution in [0.15, 0.2) is 24.3 Å². The maximum atomic E-state index is 12.5. The first kappa shape index (κ1) is 16.0. The predicted molar refractivity (Wildman–Crippen MR) is 84.9 cm³/mol. The number of carbonyl (C=O) groups excluding carboxylic acids is 4. The number of nitrogens with one attached hydrogen (secondary N) is 2. The van der Waals surface area contributed by atoms with E-state index in [1.54, 1.807) is 24.3 Å². The van der Waals surface area contributed by atoms with Gasteiger partial charge in [0.1, 0.15) is 12.1 Å². The second kappa shape index (κ2) is 6.31. The molecular weight excluding hydrogens is 312 g/mol. The Bertz CT molecular complexity index is 718. The quantitative estimate of drug-likeness (QED) is 0.698. The van der Waals surface area contributed by atoms with Crippen molar-refractivity contribution in [2.24, 2.45) is 5.73 Å². The van der Waals surface area contributed by atoms with Crippen molar-refractivity contribution >= 4 is 29.3 Å². The largest absolute Gasteiger partial charge is 0.368 e. The van der Waals surface area contributed by atoms with E-state index in [4.69, 9.17) is 5.73 Å². The average Bonchev–Trinajstić information content (AvgIpc) is 3.00. The zero-order chi connectivity index (χ0) is 17.3. The van der Waals surface area contributed by atoms with Crippen LogP contribution in [0.1, 0.15) is 29.6 Å². The topological polar surface area (TPSA) is 122 Å². The molecule has 1 aromatic rings. The van der Waals surface area contributed by atoms with Gasteiger partial charge in [-0.1, -0.05) is 12.1 Å². The number of hydrogen-bond donors (Lipinski definition) is 3. The minimum Gasteiger partial charge on any atom is -0.368 e. The van der Waals surface area contributed by atoms with E-state index in [1.807, 2.05) is 0 Å². The highest BCUT2D eigenvalue weighted by atomic mass is 16.2. The molecule has 0 aliphatic carbocycles. The molecule has 8 nitrogen and oxygen atoms in total. The summed E-state index contributed by atoms with van der Waals surface area (Å²) in [4.78, 5) is 49.8. The van der Waals surface area contributed by atoms with Crippen molar-refractivity contribution in [3.63, 3.8) is 0 Å². The number of anilines is 1. The zero-order valence-corrected chi connectivity index (χ0v) is 13.0. The molecule has 2 aliphatic heterocycles. The number of carbonyl (C=O) groups is 4. The average molecular weight is 330 g/mol. The van der Waals surface area contributed by atoms with Crippen molar-refractivity contribution in [2.45, 2.75) is 31.3 Å². The highest BCUT2D eigenvalue weighted by Gasteiger charge is 2.36. The number of para-hydroxylation sites is 1. The van der Waals surface area contributed by atoms with Gasteiger partial charge in [-0.2, -0.15) is 0 Å². The summed E-state index contributed by atoms with van der Waals surface area (Å²) in [5.41, 5.74) is 6.06. The fourth-order valence-electron chi connectivity index (χ4n) is 3.11. The van der Waals surface area contributed by atoms with Crippen molar-refractivity contribution in [1.29, 1.82) is 0 Å². The number of amides is 4. The molecule has 1 fully saturated rings. The molecule has 4 N–H and O–H groups in total. The van der Waals surface area contributed by atoms with Crippen LogP contribution in [0.25, 0.3) is 0 Å². The first-order valence-electron chi connectivity index (χ1n) is 7.77. The fraction of sp³-hybridized carbons (Fsp3) is 0.375. The van der Waals surface area contributed by atoms with Crippen LogP contribution in [-0.4, -0.2) is 47.2 Å². The smallest absolute Gasteiger partial charge is 0.254 e. The van der Waals surface area contributed by atoms with Gasteiger partial charge in [-0.3, -0.25) is 19.2 Å². The fourth-order valence-corrected chi connectivity index (χ4v) is 3.11. The van der Waals surface area contributed by atoms with Crippen LogP contribution in [0.2, 0.25) is 0 Å². The number of fused-ring (bicyclic) bond motifs is 1. The van der Waals surface area contributed by atoms with E-state index in [-0.39, 0.29) is 12.3 Å². The molecular formula is C16H18N4O4. The highest BCUT2D eigenvalue weighted by Crippen LogP contribution is 2.21. The van der Waals surface area contributed by atoms with Gasteiger partial charge in [-0.25, -0.2) is 0 Å². The summed E-state index contributed by atoms with van der Waals surface area (Å²) < 4.78 is 0. The lowest BCUT2D eigenvalue weighted by Crippen LogP contribution is -2.48. The lowest BCUT2D eigenvalue weighted by molar-refractivity contribution is -0.138. The van der Waals surface area contributed by atoms with Crippen LogP contribution in [0.5, 0.6) is 0 Å². The normalized spacial score (nSPS) is 23.1. The Kier molecular flexibility index (Phi) is 4.20. The summed E-state index contributed by atoms with van der Waals surface area (Å²) in [7, 11) is 0. The summed E-state index contributed by atoms with van der Waals surface area (Å²) >= 11 is 0. The second-order valence-electron chi connectivity index (χ2n) is 5.91. The van der Waals surface area contributed by atoms with Gasteiger partial charge < -0.3 is 21.3 Å². The summed E-state index contributed by atoms with van der Waals surface area (Å²) in [5.74, 6) is -1.81. The molecule has 126 valence electrons. The Labute approximate surface area is 138 Å². The molecule has 0 bridgehead atoms. The molecule has 0 aromatic heterocycles. The SMILES string of the molecule is NC(=O)[C@H]1CCCN1C(=O)C[C@H]1NC(=O)c2ccccc2NC1=O. The van der Waals surface area contributed by atoms with Crippen molar-refractivity contribution in [2.75, 3.05) is 11.9 Å². The van der Waals surface area contributed by atoms with Gasteiger partial charge in [-0.05, 0) is 25.0 Å². The molecule has 8 heteroatoms. The van der Waals surface area contributed by atoms with Gasteiger partial charge >= 0.3 is 0 Å². The number of hydrogen-bond acceptors (Lipinski definition) is 4. The van der Waals surface area contributed by atoms with Gasteiger partial charge in [0.05, 0.1) is 17.7 Å². The standard InChI is InChI=1S/C16H18N4O4/c17-14(22)12-6-3-7-20(12)13(21)8-11-16(24)18-10-5-2-1-4-9(10)15(23)19-11/h1-2,4-5,11-12H,3,6-8H2,(H2,17,22)(H,18,24)(H,19,23)/t11-,12-/m1/s1. The Morgan fingerprint density at radius 3 is 2.75 bits per heavy atom. The molecule has 0 radical (unpaired) electrons. The molecule has 1 aromatic carbocycles. The number of primary amides is 1. The zero-order valence-electron chi connectivity index (χ0n) is 13.0. The summed E-state index contributed by atoms with van der Waals surface area (Å²) in [6, 6.07) is 4.99. The van der Waals surface area contributed by atoms with E-state index in [0.29, 0.717) is 30.6 Å². The Hall–Kier alpha value is -2.90. The van der Waals surface area contributed by atoms with Crippen molar-refractivity contribution in [1.82, 2.24) is 10.2 Å². The maximum Gasteiger partial charge on any atom is 0.254 e. The number of benzene rings is 1. The van der Waals surface area contributed by atoms with Crippen LogP contribution >= 0.6 is 0 Å².